The fraction of sp³-hybridized carbons (Fsp3) is 0.303. The number of amides is 2. The third-order valence-corrected chi connectivity index (χ3v) is 7.65. The summed E-state index contributed by atoms with van der Waals surface area (Å²) in [5, 5.41) is 3.96. The first-order valence-electron chi connectivity index (χ1n) is 14.3. The van der Waals surface area contributed by atoms with Crippen LogP contribution in [0.25, 0.3) is 10.9 Å². The molecular formula is C33H35FN4O5. The van der Waals surface area contributed by atoms with Crippen molar-refractivity contribution >= 4 is 28.4 Å². The van der Waals surface area contributed by atoms with E-state index in [1.165, 1.54) is 17.0 Å². The van der Waals surface area contributed by atoms with Crippen molar-refractivity contribution in [3.05, 3.63) is 84.3 Å². The van der Waals surface area contributed by atoms with E-state index in [0.717, 1.165) is 37.6 Å². The molecule has 1 aliphatic rings. The van der Waals surface area contributed by atoms with Crippen LogP contribution in [-0.4, -0.2) is 50.1 Å². The number of nitrogens with two attached hydrogens (primary N) is 1. The lowest BCUT2D eigenvalue weighted by molar-refractivity contribution is -0.135. The number of pyridine rings is 1. The minimum Gasteiger partial charge on any atom is -0.493 e. The Morgan fingerprint density at radius 2 is 1.79 bits per heavy atom. The summed E-state index contributed by atoms with van der Waals surface area (Å²) >= 11 is 0. The Morgan fingerprint density at radius 1 is 1.02 bits per heavy atom. The monoisotopic (exact) mass is 586 g/mol. The Bertz CT molecular complexity index is 1590. The van der Waals surface area contributed by atoms with Crippen molar-refractivity contribution in [2.75, 3.05) is 38.3 Å². The molecule has 0 aliphatic carbocycles. The molecule has 1 atom stereocenters. The predicted octanol–water partition coefficient (Wildman–Crippen LogP) is 5.18. The zero-order valence-electron chi connectivity index (χ0n) is 24.2. The highest BCUT2D eigenvalue weighted by atomic mass is 19.1. The molecule has 1 fully saturated rings. The Balaban J connectivity index is 1.38. The van der Waals surface area contributed by atoms with Gasteiger partial charge in [-0.05, 0) is 67.6 Å². The number of rotatable bonds is 10. The average Bonchev–Trinajstić information content (AvgIpc) is 3.03. The zero-order valence-corrected chi connectivity index (χ0v) is 24.2. The van der Waals surface area contributed by atoms with E-state index in [4.69, 9.17) is 19.9 Å². The van der Waals surface area contributed by atoms with Gasteiger partial charge in [0.25, 0.3) is 0 Å². The molecule has 1 aromatic heterocycles. The molecule has 43 heavy (non-hydrogen) atoms. The second-order valence-corrected chi connectivity index (χ2v) is 10.6. The van der Waals surface area contributed by atoms with Gasteiger partial charge in [-0.3, -0.25) is 14.6 Å². The highest BCUT2D eigenvalue weighted by Crippen LogP contribution is 2.38. The maximum Gasteiger partial charge on any atom is 0.316 e. The first kappa shape index (κ1) is 29.8. The first-order valence-corrected chi connectivity index (χ1v) is 14.3. The van der Waals surface area contributed by atoms with Crippen LogP contribution in [0, 0.1) is 11.7 Å². The standard InChI is InChI=1S/C33H35FN4O5/c1-21(23-6-4-3-5-7-23)19-38(33(40)32(35)39)24-8-9-29(26(34)16-24)43-28-12-15-37-27-18-31(30(41-2)17-25(27)28)42-20-22-10-13-36-14-11-22/h3-9,12,15-18,21-22,36H,10-11,13-14,19-20H2,1-2H3,(H2,35,39). The van der Waals surface area contributed by atoms with Crippen molar-refractivity contribution in [3.63, 3.8) is 0 Å². The fourth-order valence-electron chi connectivity index (χ4n) is 5.20. The van der Waals surface area contributed by atoms with E-state index < -0.39 is 17.6 Å². The first-order chi connectivity index (χ1) is 20.8. The molecule has 224 valence electrons. The van der Waals surface area contributed by atoms with Gasteiger partial charge in [0, 0.05) is 35.9 Å². The number of hydrogen-bond donors (Lipinski definition) is 2. The molecular weight excluding hydrogens is 551 g/mol. The largest absolute Gasteiger partial charge is 0.493 e. The number of halogens is 1. The molecule has 1 aliphatic heterocycles. The highest BCUT2D eigenvalue weighted by Gasteiger charge is 2.25. The van der Waals surface area contributed by atoms with Crippen molar-refractivity contribution in [3.8, 4) is 23.0 Å². The number of hydrogen-bond acceptors (Lipinski definition) is 7. The molecule has 4 aromatic rings. The summed E-state index contributed by atoms with van der Waals surface area (Å²) in [5.74, 6) is -1.06. The molecule has 3 N–H and O–H groups in total. The normalized spacial score (nSPS) is 14.2. The number of piperidine rings is 1. The number of fused-ring (bicyclic) bond motifs is 1. The maximum absolute atomic E-state index is 15.5. The van der Waals surface area contributed by atoms with Gasteiger partial charge in [0.1, 0.15) is 5.75 Å². The number of benzene rings is 3. The Kier molecular flexibility index (Phi) is 9.36. The van der Waals surface area contributed by atoms with Crippen LogP contribution in [0.1, 0.15) is 31.2 Å². The number of primary amides is 1. The van der Waals surface area contributed by atoms with E-state index in [-0.39, 0.29) is 23.9 Å². The summed E-state index contributed by atoms with van der Waals surface area (Å²) in [5.41, 5.74) is 7.08. The minimum atomic E-state index is -1.13. The van der Waals surface area contributed by atoms with Gasteiger partial charge in [-0.1, -0.05) is 37.3 Å². The van der Waals surface area contributed by atoms with Crippen LogP contribution >= 0.6 is 0 Å². The lowest BCUT2D eigenvalue weighted by Crippen LogP contribution is -2.42. The third kappa shape index (κ3) is 7.03. The number of aromatic nitrogens is 1. The summed E-state index contributed by atoms with van der Waals surface area (Å²) in [7, 11) is 1.56. The number of methoxy groups -OCH3 is 1. The molecule has 1 unspecified atom stereocenters. The molecule has 9 nitrogen and oxygen atoms in total. The summed E-state index contributed by atoms with van der Waals surface area (Å²) in [6, 6.07) is 18.8. The number of anilines is 1. The van der Waals surface area contributed by atoms with Crippen LogP contribution < -0.4 is 30.2 Å². The molecule has 10 heteroatoms. The maximum atomic E-state index is 15.5. The third-order valence-electron chi connectivity index (χ3n) is 7.65. The van der Waals surface area contributed by atoms with Gasteiger partial charge in [-0.2, -0.15) is 0 Å². The van der Waals surface area contributed by atoms with Crippen LogP contribution in [-0.2, 0) is 9.59 Å². The van der Waals surface area contributed by atoms with E-state index >= 15 is 4.39 Å². The number of nitrogens with one attached hydrogen (secondary N) is 1. The summed E-state index contributed by atoms with van der Waals surface area (Å²) in [6.45, 7) is 4.58. The van der Waals surface area contributed by atoms with Crippen LogP contribution in [0.4, 0.5) is 10.1 Å². The van der Waals surface area contributed by atoms with Crippen LogP contribution in [0.3, 0.4) is 0 Å². The van der Waals surface area contributed by atoms with Gasteiger partial charge < -0.3 is 30.2 Å². The van der Waals surface area contributed by atoms with Crippen molar-refractivity contribution in [2.24, 2.45) is 11.7 Å². The SMILES string of the molecule is COc1cc2c(Oc3ccc(N(CC(C)c4ccccc4)C(=O)C(N)=O)cc3F)ccnc2cc1OCC1CCNCC1. The Labute approximate surface area is 249 Å². The minimum absolute atomic E-state index is 0.0657. The topological polar surface area (TPSA) is 116 Å². The van der Waals surface area contributed by atoms with E-state index in [9.17, 15) is 9.59 Å². The van der Waals surface area contributed by atoms with Crippen LogP contribution in [0.2, 0.25) is 0 Å². The fourth-order valence-corrected chi connectivity index (χ4v) is 5.20. The lowest BCUT2D eigenvalue weighted by Gasteiger charge is -2.25. The van der Waals surface area contributed by atoms with E-state index in [1.807, 2.05) is 37.3 Å². The van der Waals surface area contributed by atoms with Gasteiger partial charge >= 0.3 is 11.8 Å². The van der Waals surface area contributed by atoms with Crippen LogP contribution in [0.15, 0.2) is 72.9 Å². The number of carbonyl (C=O) groups excluding carboxylic acids is 2. The predicted molar refractivity (Wildman–Crippen MR) is 162 cm³/mol. The van der Waals surface area contributed by atoms with E-state index in [1.54, 1.807) is 31.5 Å². The van der Waals surface area contributed by atoms with Gasteiger partial charge in [-0.25, -0.2) is 4.39 Å². The molecule has 3 aromatic carbocycles. The van der Waals surface area contributed by atoms with E-state index in [0.29, 0.717) is 40.7 Å². The quantitative estimate of drug-likeness (QED) is 0.246. The van der Waals surface area contributed by atoms with Gasteiger partial charge in [-0.15, -0.1) is 0 Å². The molecule has 5 rings (SSSR count). The molecule has 0 radical (unpaired) electrons. The highest BCUT2D eigenvalue weighted by molar-refractivity contribution is 6.39. The summed E-state index contributed by atoms with van der Waals surface area (Å²) in [4.78, 5) is 30.2. The number of carbonyl (C=O) groups is 2. The number of nitrogens with zero attached hydrogens (tertiary/aromatic N) is 2. The Morgan fingerprint density at radius 3 is 2.49 bits per heavy atom. The molecule has 0 bridgehead atoms. The summed E-state index contributed by atoms with van der Waals surface area (Å²) < 4.78 is 33.2. The molecule has 1 saturated heterocycles. The van der Waals surface area contributed by atoms with Crippen molar-refractivity contribution in [1.82, 2.24) is 10.3 Å². The van der Waals surface area contributed by atoms with Gasteiger partial charge in [0.2, 0.25) is 0 Å². The summed E-state index contributed by atoms with van der Waals surface area (Å²) in [6.07, 6.45) is 3.68. The second-order valence-electron chi connectivity index (χ2n) is 10.6. The molecule has 2 amide bonds. The number of ether oxygens (including phenoxy) is 3. The van der Waals surface area contributed by atoms with Gasteiger partial charge in [0.15, 0.2) is 23.1 Å². The molecule has 0 spiro atoms. The Hall–Kier alpha value is -4.70. The molecule has 0 saturated carbocycles. The second kappa shape index (κ2) is 13.5. The lowest BCUT2D eigenvalue weighted by atomic mass is 9.99. The van der Waals surface area contributed by atoms with Crippen molar-refractivity contribution in [2.45, 2.75) is 25.7 Å². The smallest absolute Gasteiger partial charge is 0.316 e. The van der Waals surface area contributed by atoms with Crippen molar-refractivity contribution < 1.29 is 28.2 Å². The van der Waals surface area contributed by atoms with E-state index in [2.05, 4.69) is 10.3 Å². The zero-order chi connectivity index (χ0) is 30.3. The van der Waals surface area contributed by atoms with Gasteiger partial charge in [0.05, 0.1) is 19.2 Å². The molecule has 2 heterocycles. The average molecular weight is 587 g/mol. The van der Waals surface area contributed by atoms with Crippen molar-refractivity contribution in [1.29, 1.82) is 0 Å². The van der Waals surface area contributed by atoms with Crippen LogP contribution in [0.5, 0.6) is 23.0 Å².